The van der Waals surface area contributed by atoms with Gasteiger partial charge < -0.3 is 15.3 Å². The second kappa shape index (κ2) is 5.46. The van der Waals surface area contributed by atoms with Crippen LogP contribution in [0.4, 0.5) is 10.1 Å². The number of β-amino-alcohol motifs (C(OH)–C–C–N with tert-alkyl or cyclic N) is 1. The molecule has 0 aliphatic carbocycles. The number of carbonyl (C=O) groups is 1. The SMILES string of the molecule is CNCC(O)CN1C(=O)CCc2cc(F)ccc21. The number of carbonyl (C=O) groups excluding carboxylic acids is 1. The molecule has 0 radical (unpaired) electrons. The van der Waals surface area contributed by atoms with Gasteiger partial charge in [-0.2, -0.15) is 0 Å². The molecule has 0 fully saturated rings. The van der Waals surface area contributed by atoms with Crippen LogP contribution in [0.5, 0.6) is 0 Å². The fraction of sp³-hybridized carbons (Fsp3) is 0.462. The number of halogens is 1. The lowest BCUT2D eigenvalue weighted by atomic mass is 10.0. The number of aliphatic hydroxyl groups excluding tert-OH is 1. The molecule has 1 aliphatic heterocycles. The number of anilines is 1. The van der Waals surface area contributed by atoms with Gasteiger partial charge in [-0.3, -0.25) is 4.79 Å². The van der Waals surface area contributed by atoms with Crippen LogP contribution in [0.25, 0.3) is 0 Å². The van der Waals surface area contributed by atoms with E-state index in [0.29, 0.717) is 25.1 Å². The molecule has 1 atom stereocenters. The van der Waals surface area contributed by atoms with Crippen LogP contribution in [0.3, 0.4) is 0 Å². The number of likely N-dealkylation sites (N-methyl/N-ethyl adjacent to an activating group) is 1. The maximum Gasteiger partial charge on any atom is 0.227 e. The molecule has 1 unspecified atom stereocenters. The number of rotatable bonds is 4. The Hall–Kier alpha value is -1.46. The van der Waals surface area contributed by atoms with Gasteiger partial charge in [0.15, 0.2) is 0 Å². The number of fused-ring (bicyclic) bond motifs is 1. The monoisotopic (exact) mass is 252 g/mol. The standard InChI is InChI=1S/C13H17FN2O2/c1-15-7-11(17)8-16-12-4-3-10(14)6-9(12)2-5-13(16)18/h3-4,6,11,15,17H,2,5,7-8H2,1H3. The van der Waals surface area contributed by atoms with E-state index in [9.17, 15) is 14.3 Å². The summed E-state index contributed by atoms with van der Waals surface area (Å²) in [5, 5.41) is 12.6. The molecule has 0 saturated heterocycles. The van der Waals surface area contributed by atoms with Crippen LogP contribution < -0.4 is 10.2 Å². The molecule has 1 aromatic rings. The molecule has 0 saturated carbocycles. The zero-order chi connectivity index (χ0) is 13.1. The smallest absolute Gasteiger partial charge is 0.227 e. The van der Waals surface area contributed by atoms with Gasteiger partial charge in [-0.1, -0.05) is 0 Å². The maximum absolute atomic E-state index is 13.1. The maximum atomic E-state index is 13.1. The summed E-state index contributed by atoms with van der Waals surface area (Å²) in [6, 6.07) is 4.40. The summed E-state index contributed by atoms with van der Waals surface area (Å²) in [6.45, 7) is 0.651. The zero-order valence-corrected chi connectivity index (χ0v) is 10.3. The van der Waals surface area contributed by atoms with Crippen molar-refractivity contribution in [2.24, 2.45) is 0 Å². The third-order valence-corrected chi connectivity index (χ3v) is 3.07. The van der Waals surface area contributed by atoms with E-state index in [2.05, 4.69) is 5.32 Å². The lowest BCUT2D eigenvalue weighted by Crippen LogP contribution is -2.43. The first-order valence-electron chi connectivity index (χ1n) is 6.03. The number of nitrogens with zero attached hydrogens (tertiary/aromatic N) is 1. The number of nitrogens with one attached hydrogen (secondary N) is 1. The average Bonchev–Trinajstić information content (AvgIpc) is 2.33. The molecule has 2 N–H and O–H groups in total. The summed E-state index contributed by atoms with van der Waals surface area (Å²) in [7, 11) is 1.74. The highest BCUT2D eigenvalue weighted by Gasteiger charge is 2.25. The van der Waals surface area contributed by atoms with Crippen molar-refractivity contribution < 1.29 is 14.3 Å². The second-order valence-corrected chi connectivity index (χ2v) is 4.49. The lowest BCUT2D eigenvalue weighted by Gasteiger charge is -2.31. The van der Waals surface area contributed by atoms with E-state index in [1.807, 2.05) is 0 Å². The van der Waals surface area contributed by atoms with E-state index in [0.717, 1.165) is 5.56 Å². The molecular formula is C13H17FN2O2. The van der Waals surface area contributed by atoms with Crippen LogP contribution in [0, 0.1) is 5.82 Å². The first-order chi connectivity index (χ1) is 8.61. The molecule has 2 rings (SSSR count). The highest BCUT2D eigenvalue weighted by atomic mass is 19.1. The molecule has 1 heterocycles. The highest BCUT2D eigenvalue weighted by Crippen LogP contribution is 2.28. The van der Waals surface area contributed by atoms with E-state index in [-0.39, 0.29) is 18.3 Å². The third-order valence-electron chi connectivity index (χ3n) is 3.07. The van der Waals surface area contributed by atoms with Gasteiger partial charge in [0, 0.05) is 18.7 Å². The third kappa shape index (κ3) is 2.68. The normalized spacial score (nSPS) is 16.6. The van der Waals surface area contributed by atoms with Crippen molar-refractivity contribution in [2.75, 3.05) is 25.0 Å². The summed E-state index contributed by atoms with van der Waals surface area (Å²) < 4.78 is 13.1. The summed E-state index contributed by atoms with van der Waals surface area (Å²) in [5.74, 6) is -0.317. The number of aryl methyl sites for hydroxylation is 1. The number of aliphatic hydroxyl groups is 1. The van der Waals surface area contributed by atoms with Gasteiger partial charge in [-0.15, -0.1) is 0 Å². The Labute approximate surface area is 105 Å². The highest BCUT2D eigenvalue weighted by molar-refractivity contribution is 5.96. The number of hydrogen-bond donors (Lipinski definition) is 2. The molecule has 0 spiro atoms. The Morgan fingerprint density at radius 1 is 1.50 bits per heavy atom. The van der Waals surface area contributed by atoms with Crippen molar-refractivity contribution in [1.29, 1.82) is 0 Å². The predicted molar refractivity (Wildman–Crippen MR) is 67.0 cm³/mol. The summed E-state index contributed by atoms with van der Waals surface area (Å²) in [4.78, 5) is 13.4. The Balaban J connectivity index is 2.22. The van der Waals surface area contributed by atoms with Crippen molar-refractivity contribution in [3.63, 3.8) is 0 Å². The van der Waals surface area contributed by atoms with Gasteiger partial charge in [0.05, 0.1) is 12.6 Å². The second-order valence-electron chi connectivity index (χ2n) is 4.49. The van der Waals surface area contributed by atoms with Gasteiger partial charge in [0.25, 0.3) is 0 Å². The Kier molecular flexibility index (Phi) is 3.93. The van der Waals surface area contributed by atoms with Crippen molar-refractivity contribution in [3.05, 3.63) is 29.6 Å². The van der Waals surface area contributed by atoms with Crippen LogP contribution in [-0.4, -0.2) is 37.3 Å². The summed E-state index contributed by atoms with van der Waals surface area (Å²) >= 11 is 0. The van der Waals surface area contributed by atoms with Crippen LogP contribution >= 0.6 is 0 Å². The van der Waals surface area contributed by atoms with Crippen LogP contribution in [0.2, 0.25) is 0 Å². The molecule has 1 amide bonds. The Morgan fingerprint density at radius 3 is 3.00 bits per heavy atom. The van der Waals surface area contributed by atoms with E-state index in [1.165, 1.54) is 12.1 Å². The molecule has 0 aromatic heterocycles. The van der Waals surface area contributed by atoms with Crippen molar-refractivity contribution >= 4 is 11.6 Å². The topological polar surface area (TPSA) is 52.6 Å². The summed E-state index contributed by atoms with van der Waals surface area (Å²) in [5.41, 5.74) is 1.54. The quantitative estimate of drug-likeness (QED) is 0.828. The van der Waals surface area contributed by atoms with Crippen LogP contribution in [-0.2, 0) is 11.2 Å². The van der Waals surface area contributed by atoms with Crippen LogP contribution in [0.1, 0.15) is 12.0 Å². The molecule has 98 valence electrons. The zero-order valence-electron chi connectivity index (χ0n) is 10.3. The fourth-order valence-corrected chi connectivity index (χ4v) is 2.24. The molecular weight excluding hydrogens is 235 g/mol. The largest absolute Gasteiger partial charge is 0.390 e. The summed E-state index contributed by atoms with van der Waals surface area (Å²) in [6.07, 6.45) is 0.294. The van der Waals surface area contributed by atoms with E-state index in [4.69, 9.17) is 0 Å². The number of hydrogen-bond acceptors (Lipinski definition) is 3. The van der Waals surface area contributed by atoms with Gasteiger partial charge in [0.2, 0.25) is 5.91 Å². The minimum atomic E-state index is -0.630. The number of amides is 1. The van der Waals surface area contributed by atoms with Crippen molar-refractivity contribution in [3.8, 4) is 0 Å². The minimum Gasteiger partial charge on any atom is -0.390 e. The first-order valence-corrected chi connectivity index (χ1v) is 6.03. The van der Waals surface area contributed by atoms with Gasteiger partial charge >= 0.3 is 0 Å². The molecule has 4 nitrogen and oxygen atoms in total. The first kappa shape index (κ1) is 13.0. The predicted octanol–water partition coefficient (Wildman–Crippen LogP) is 0.685. The van der Waals surface area contributed by atoms with Gasteiger partial charge in [-0.05, 0) is 37.2 Å². The molecule has 1 aromatic carbocycles. The average molecular weight is 252 g/mol. The van der Waals surface area contributed by atoms with Crippen molar-refractivity contribution in [2.45, 2.75) is 18.9 Å². The van der Waals surface area contributed by atoms with Gasteiger partial charge in [-0.25, -0.2) is 4.39 Å². The fourth-order valence-electron chi connectivity index (χ4n) is 2.24. The van der Waals surface area contributed by atoms with E-state index in [1.54, 1.807) is 18.0 Å². The minimum absolute atomic E-state index is 0.0238. The Morgan fingerprint density at radius 2 is 2.28 bits per heavy atom. The number of benzene rings is 1. The van der Waals surface area contributed by atoms with Crippen LogP contribution in [0.15, 0.2) is 18.2 Å². The van der Waals surface area contributed by atoms with E-state index < -0.39 is 6.10 Å². The van der Waals surface area contributed by atoms with Crippen molar-refractivity contribution in [1.82, 2.24) is 5.32 Å². The molecule has 18 heavy (non-hydrogen) atoms. The lowest BCUT2D eigenvalue weighted by molar-refractivity contribution is -0.119. The Bertz CT molecular complexity index is 451. The molecule has 5 heteroatoms. The molecule has 0 bridgehead atoms. The van der Waals surface area contributed by atoms with Gasteiger partial charge in [0.1, 0.15) is 5.82 Å². The molecule has 1 aliphatic rings. The van der Waals surface area contributed by atoms with E-state index >= 15 is 0 Å².